The standard InChI is InChI=1S/C13H10Br2N2O/c1-8-4-9(6-10(14)5-8)13(18)17-12-2-3-16-7-11(12)15/h2-7H,1H3,(H,16,17,18). The summed E-state index contributed by atoms with van der Waals surface area (Å²) in [6.45, 7) is 1.95. The largest absolute Gasteiger partial charge is 0.321 e. The Morgan fingerprint density at radius 2 is 2.06 bits per heavy atom. The van der Waals surface area contributed by atoms with Gasteiger partial charge in [-0.25, -0.2) is 0 Å². The zero-order valence-electron chi connectivity index (χ0n) is 9.58. The van der Waals surface area contributed by atoms with Crippen molar-refractivity contribution in [1.29, 1.82) is 0 Å². The number of benzene rings is 1. The molecule has 2 rings (SSSR count). The van der Waals surface area contributed by atoms with E-state index >= 15 is 0 Å². The van der Waals surface area contributed by atoms with Gasteiger partial charge in [-0.3, -0.25) is 9.78 Å². The molecule has 0 saturated carbocycles. The lowest BCUT2D eigenvalue weighted by molar-refractivity contribution is 0.102. The normalized spacial score (nSPS) is 10.2. The van der Waals surface area contributed by atoms with Crippen molar-refractivity contribution in [2.75, 3.05) is 5.32 Å². The second kappa shape index (κ2) is 5.63. The first-order valence-electron chi connectivity index (χ1n) is 5.24. The van der Waals surface area contributed by atoms with Crippen LogP contribution in [0.15, 0.2) is 45.6 Å². The molecule has 3 nitrogen and oxygen atoms in total. The Hall–Kier alpha value is -1.20. The molecule has 0 aliphatic rings. The molecule has 2 aromatic rings. The highest BCUT2D eigenvalue weighted by Crippen LogP contribution is 2.22. The molecular weight excluding hydrogens is 360 g/mol. The number of hydrogen-bond donors (Lipinski definition) is 1. The molecule has 18 heavy (non-hydrogen) atoms. The molecule has 5 heteroatoms. The summed E-state index contributed by atoms with van der Waals surface area (Å²) in [7, 11) is 0. The second-order valence-electron chi connectivity index (χ2n) is 3.83. The minimum Gasteiger partial charge on any atom is -0.321 e. The number of aryl methyl sites for hydroxylation is 1. The van der Waals surface area contributed by atoms with Crippen LogP contribution in [0.3, 0.4) is 0 Å². The quantitative estimate of drug-likeness (QED) is 0.863. The lowest BCUT2D eigenvalue weighted by Crippen LogP contribution is -2.12. The third-order valence-electron chi connectivity index (χ3n) is 2.32. The van der Waals surface area contributed by atoms with Crippen LogP contribution >= 0.6 is 31.9 Å². The zero-order chi connectivity index (χ0) is 13.1. The summed E-state index contributed by atoms with van der Waals surface area (Å²) in [5, 5.41) is 2.83. The number of hydrogen-bond acceptors (Lipinski definition) is 2. The molecular formula is C13H10Br2N2O. The lowest BCUT2D eigenvalue weighted by Gasteiger charge is -2.07. The van der Waals surface area contributed by atoms with Gasteiger partial charge in [-0.1, -0.05) is 15.9 Å². The highest BCUT2D eigenvalue weighted by molar-refractivity contribution is 9.10. The van der Waals surface area contributed by atoms with Gasteiger partial charge in [0.2, 0.25) is 0 Å². The minimum absolute atomic E-state index is 0.147. The first-order valence-corrected chi connectivity index (χ1v) is 6.83. The summed E-state index contributed by atoms with van der Waals surface area (Å²) in [6.07, 6.45) is 3.27. The second-order valence-corrected chi connectivity index (χ2v) is 5.60. The number of carbonyl (C=O) groups excluding carboxylic acids is 1. The van der Waals surface area contributed by atoms with Gasteiger partial charge in [0, 0.05) is 22.4 Å². The van der Waals surface area contributed by atoms with Crippen molar-refractivity contribution in [2.45, 2.75) is 6.92 Å². The number of nitrogens with one attached hydrogen (secondary N) is 1. The predicted molar refractivity (Wildman–Crippen MR) is 78.8 cm³/mol. The topological polar surface area (TPSA) is 42.0 Å². The van der Waals surface area contributed by atoms with Crippen LogP contribution in [0.25, 0.3) is 0 Å². The Labute approximate surface area is 122 Å². The third-order valence-corrected chi connectivity index (χ3v) is 3.41. The zero-order valence-corrected chi connectivity index (χ0v) is 12.7. The molecule has 0 bridgehead atoms. The number of rotatable bonds is 2. The average molecular weight is 370 g/mol. The molecule has 1 aromatic heterocycles. The number of nitrogens with zero attached hydrogens (tertiary/aromatic N) is 1. The van der Waals surface area contributed by atoms with Crippen LogP contribution in [-0.2, 0) is 0 Å². The number of carbonyl (C=O) groups is 1. The summed E-state index contributed by atoms with van der Waals surface area (Å²) in [4.78, 5) is 16.0. The van der Waals surface area contributed by atoms with Gasteiger partial charge in [-0.15, -0.1) is 0 Å². The van der Waals surface area contributed by atoms with E-state index < -0.39 is 0 Å². The van der Waals surface area contributed by atoms with Crippen molar-refractivity contribution in [3.8, 4) is 0 Å². The number of aromatic nitrogens is 1. The van der Waals surface area contributed by atoms with Crippen molar-refractivity contribution in [3.63, 3.8) is 0 Å². The fourth-order valence-corrected chi connectivity index (χ4v) is 2.50. The van der Waals surface area contributed by atoms with Crippen LogP contribution in [0.1, 0.15) is 15.9 Å². The molecule has 0 unspecified atom stereocenters. The first kappa shape index (κ1) is 13.2. The Bertz CT molecular complexity index is 579. The van der Waals surface area contributed by atoms with Crippen molar-refractivity contribution in [3.05, 3.63) is 56.7 Å². The van der Waals surface area contributed by atoms with Crippen LogP contribution < -0.4 is 5.32 Å². The molecule has 1 heterocycles. The summed E-state index contributed by atoms with van der Waals surface area (Å²) >= 11 is 6.72. The molecule has 1 aromatic carbocycles. The van der Waals surface area contributed by atoms with E-state index in [2.05, 4.69) is 42.2 Å². The number of anilines is 1. The van der Waals surface area contributed by atoms with Crippen LogP contribution in [0.5, 0.6) is 0 Å². The van der Waals surface area contributed by atoms with E-state index in [-0.39, 0.29) is 5.91 Å². The fourth-order valence-electron chi connectivity index (χ4n) is 1.54. The maximum absolute atomic E-state index is 12.1. The molecule has 0 fully saturated rings. The minimum atomic E-state index is -0.147. The van der Waals surface area contributed by atoms with E-state index in [4.69, 9.17) is 0 Å². The monoisotopic (exact) mass is 368 g/mol. The van der Waals surface area contributed by atoms with Gasteiger partial charge in [0.15, 0.2) is 0 Å². The van der Waals surface area contributed by atoms with Gasteiger partial charge >= 0.3 is 0 Å². The molecule has 0 saturated heterocycles. The van der Waals surface area contributed by atoms with Crippen LogP contribution in [0.2, 0.25) is 0 Å². The molecule has 1 amide bonds. The van der Waals surface area contributed by atoms with E-state index in [0.29, 0.717) is 11.3 Å². The van der Waals surface area contributed by atoms with E-state index in [1.54, 1.807) is 24.5 Å². The predicted octanol–water partition coefficient (Wildman–Crippen LogP) is 4.17. The van der Waals surface area contributed by atoms with Crippen molar-refractivity contribution in [2.24, 2.45) is 0 Å². The van der Waals surface area contributed by atoms with E-state index in [1.165, 1.54) is 0 Å². The molecule has 0 aliphatic carbocycles. The van der Waals surface area contributed by atoms with E-state index in [1.807, 2.05) is 19.1 Å². The Morgan fingerprint density at radius 3 is 2.72 bits per heavy atom. The van der Waals surface area contributed by atoms with Crippen molar-refractivity contribution < 1.29 is 4.79 Å². The highest BCUT2D eigenvalue weighted by atomic mass is 79.9. The maximum Gasteiger partial charge on any atom is 0.255 e. The summed E-state index contributed by atoms with van der Waals surface area (Å²) < 4.78 is 1.64. The summed E-state index contributed by atoms with van der Waals surface area (Å²) in [6, 6.07) is 7.33. The first-order chi connectivity index (χ1) is 8.56. The van der Waals surface area contributed by atoms with Crippen molar-refractivity contribution in [1.82, 2.24) is 4.98 Å². The van der Waals surface area contributed by atoms with Gasteiger partial charge in [-0.05, 0) is 52.7 Å². The molecule has 0 radical (unpaired) electrons. The average Bonchev–Trinajstić information content (AvgIpc) is 2.31. The van der Waals surface area contributed by atoms with Gasteiger partial charge in [-0.2, -0.15) is 0 Å². The van der Waals surface area contributed by atoms with Gasteiger partial charge in [0.1, 0.15) is 0 Å². The smallest absolute Gasteiger partial charge is 0.255 e. The van der Waals surface area contributed by atoms with E-state index in [0.717, 1.165) is 14.5 Å². The molecule has 0 aliphatic heterocycles. The van der Waals surface area contributed by atoms with Gasteiger partial charge in [0.05, 0.1) is 10.2 Å². The number of amides is 1. The van der Waals surface area contributed by atoms with E-state index in [9.17, 15) is 4.79 Å². The maximum atomic E-state index is 12.1. The fraction of sp³-hybridized carbons (Fsp3) is 0.0769. The third kappa shape index (κ3) is 3.17. The lowest BCUT2D eigenvalue weighted by atomic mass is 10.1. The number of pyridine rings is 1. The highest BCUT2D eigenvalue weighted by Gasteiger charge is 2.09. The summed E-state index contributed by atoms with van der Waals surface area (Å²) in [5.41, 5.74) is 2.35. The summed E-state index contributed by atoms with van der Waals surface area (Å²) in [5.74, 6) is -0.147. The Balaban J connectivity index is 2.25. The number of halogens is 2. The molecule has 0 atom stereocenters. The molecule has 1 N–H and O–H groups in total. The van der Waals surface area contributed by atoms with Crippen molar-refractivity contribution >= 4 is 43.5 Å². The van der Waals surface area contributed by atoms with Gasteiger partial charge < -0.3 is 5.32 Å². The Morgan fingerprint density at radius 1 is 1.28 bits per heavy atom. The molecule has 0 spiro atoms. The van der Waals surface area contributed by atoms with Crippen LogP contribution in [0, 0.1) is 6.92 Å². The Kier molecular flexibility index (Phi) is 4.14. The van der Waals surface area contributed by atoms with Crippen LogP contribution in [-0.4, -0.2) is 10.9 Å². The SMILES string of the molecule is Cc1cc(Br)cc(C(=O)Nc2ccncc2Br)c1. The molecule has 92 valence electrons. The van der Waals surface area contributed by atoms with Gasteiger partial charge in [0.25, 0.3) is 5.91 Å². The van der Waals surface area contributed by atoms with Crippen LogP contribution in [0.4, 0.5) is 5.69 Å².